The molecule has 0 aromatic heterocycles. The lowest BCUT2D eigenvalue weighted by Crippen LogP contribution is -2.40. The van der Waals surface area contributed by atoms with Crippen LogP contribution >= 0.6 is 0 Å². The van der Waals surface area contributed by atoms with E-state index in [-0.39, 0.29) is 11.9 Å². The minimum atomic E-state index is -0.619. The lowest BCUT2D eigenvalue weighted by molar-refractivity contribution is -0.128. The molecule has 0 spiro atoms. The van der Waals surface area contributed by atoms with Gasteiger partial charge in [-0.1, -0.05) is 79.7 Å². The van der Waals surface area contributed by atoms with Crippen molar-refractivity contribution in [2.75, 3.05) is 7.11 Å². The number of nitrogens with one attached hydrogen (secondary N) is 1. The first-order valence-corrected chi connectivity index (χ1v) is 9.43. The number of rotatable bonds is 8. The van der Waals surface area contributed by atoms with Crippen LogP contribution in [0, 0.1) is 0 Å². The number of ether oxygens (including phenoxy) is 2. The number of amides is 1. The monoisotopic (exact) mass is 375 g/mol. The van der Waals surface area contributed by atoms with Crippen LogP contribution in [0.25, 0.3) is 0 Å². The van der Waals surface area contributed by atoms with E-state index in [4.69, 9.17) is 9.47 Å². The third-order valence-corrected chi connectivity index (χ3v) is 4.55. The number of methoxy groups -OCH3 is 1. The van der Waals surface area contributed by atoms with Crippen molar-refractivity contribution in [3.05, 3.63) is 96.1 Å². The van der Waals surface area contributed by atoms with Gasteiger partial charge in [-0.25, -0.2) is 0 Å². The molecule has 28 heavy (non-hydrogen) atoms. The second-order valence-electron chi connectivity index (χ2n) is 6.43. The zero-order valence-electron chi connectivity index (χ0n) is 16.2. The van der Waals surface area contributed by atoms with E-state index in [9.17, 15) is 4.79 Å². The number of carbonyl (C=O) groups excluding carboxylic acids is 1. The summed E-state index contributed by atoms with van der Waals surface area (Å²) in [4.78, 5) is 13.1. The second-order valence-corrected chi connectivity index (χ2v) is 6.43. The lowest BCUT2D eigenvalue weighted by atomic mass is 9.98. The van der Waals surface area contributed by atoms with Crippen LogP contribution in [0.2, 0.25) is 0 Å². The zero-order valence-corrected chi connectivity index (χ0v) is 16.2. The molecule has 3 aromatic carbocycles. The molecule has 0 saturated heterocycles. The van der Waals surface area contributed by atoms with Crippen LogP contribution in [-0.4, -0.2) is 19.1 Å². The number of hydrogen-bond donors (Lipinski definition) is 1. The molecular weight excluding hydrogens is 350 g/mol. The maximum absolute atomic E-state index is 13.1. The maximum atomic E-state index is 13.1. The van der Waals surface area contributed by atoms with Crippen LogP contribution in [0.1, 0.15) is 30.5 Å². The molecule has 4 heteroatoms. The van der Waals surface area contributed by atoms with Gasteiger partial charge in [-0.2, -0.15) is 0 Å². The highest BCUT2D eigenvalue weighted by molar-refractivity contribution is 5.82. The predicted octanol–water partition coefficient (Wildman–Crippen LogP) is 4.76. The van der Waals surface area contributed by atoms with Crippen LogP contribution in [0.4, 0.5) is 0 Å². The zero-order chi connectivity index (χ0) is 19.8. The Balaban J connectivity index is 1.82. The molecule has 0 aliphatic heterocycles. The second kappa shape index (κ2) is 9.60. The van der Waals surface area contributed by atoms with Crippen molar-refractivity contribution in [3.63, 3.8) is 0 Å². The Hall–Kier alpha value is -3.27. The highest BCUT2D eigenvalue weighted by Crippen LogP contribution is 2.28. The third kappa shape index (κ3) is 4.71. The standard InChI is InChI=1S/C24H25NO3/c1-3-20(28-22-17-11-10-16-21(22)27-2)24(26)25-23(18-12-6-4-7-13-18)19-14-8-5-9-15-19/h4-17,20,23H,3H2,1-2H3,(H,25,26)/t20-/m0/s1. The first kappa shape index (κ1) is 19.5. The van der Waals surface area contributed by atoms with Gasteiger partial charge >= 0.3 is 0 Å². The Kier molecular flexibility index (Phi) is 6.68. The van der Waals surface area contributed by atoms with Crippen LogP contribution in [-0.2, 0) is 4.79 Å². The van der Waals surface area contributed by atoms with E-state index < -0.39 is 6.10 Å². The molecule has 0 aliphatic carbocycles. The fourth-order valence-electron chi connectivity index (χ4n) is 3.08. The molecule has 1 N–H and O–H groups in total. The van der Waals surface area contributed by atoms with Crippen molar-refractivity contribution in [1.82, 2.24) is 5.32 Å². The van der Waals surface area contributed by atoms with Crippen molar-refractivity contribution < 1.29 is 14.3 Å². The van der Waals surface area contributed by atoms with Gasteiger partial charge in [0, 0.05) is 0 Å². The van der Waals surface area contributed by atoms with E-state index in [0.717, 1.165) is 11.1 Å². The molecule has 3 aromatic rings. The Morgan fingerprint density at radius 2 is 1.32 bits per heavy atom. The van der Waals surface area contributed by atoms with E-state index in [1.54, 1.807) is 13.2 Å². The van der Waals surface area contributed by atoms with Crippen molar-refractivity contribution in [2.45, 2.75) is 25.5 Å². The van der Waals surface area contributed by atoms with E-state index in [2.05, 4.69) is 5.32 Å². The molecule has 0 unspecified atom stereocenters. The van der Waals surface area contributed by atoms with Gasteiger partial charge in [-0.05, 0) is 29.7 Å². The normalized spacial score (nSPS) is 11.7. The smallest absolute Gasteiger partial charge is 0.261 e. The number of hydrogen-bond acceptors (Lipinski definition) is 3. The summed E-state index contributed by atoms with van der Waals surface area (Å²) in [6.07, 6.45) is -0.0774. The maximum Gasteiger partial charge on any atom is 0.261 e. The van der Waals surface area contributed by atoms with Crippen molar-refractivity contribution >= 4 is 5.91 Å². The third-order valence-electron chi connectivity index (χ3n) is 4.55. The van der Waals surface area contributed by atoms with E-state index in [1.807, 2.05) is 85.8 Å². The minimum Gasteiger partial charge on any atom is -0.493 e. The number of para-hydroxylation sites is 2. The molecule has 0 heterocycles. The molecule has 3 rings (SSSR count). The van der Waals surface area contributed by atoms with E-state index >= 15 is 0 Å². The van der Waals surface area contributed by atoms with E-state index in [1.165, 1.54) is 0 Å². The number of carbonyl (C=O) groups is 1. The predicted molar refractivity (Wildman–Crippen MR) is 111 cm³/mol. The lowest BCUT2D eigenvalue weighted by Gasteiger charge is -2.24. The van der Waals surface area contributed by atoms with Crippen molar-refractivity contribution in [1.29, 1.82) is 0 Å². The van der Waals surface area contributed by atoms with Gasteiger partial charge in [0.05, 0.1) is 13.2 Å². The van der Waals surface area contributed by atoms with Crippen LogP contribution < -0.4 is 14.8 Å². The van der Waals surface area contributed by atoms with E-state index in [0.29, 0.717) is 17.9 Å². The quantitative estimate of drug-likeness (QED) is 0.618. The average Bonchev–Trinajstić information content (AvgIpc) is 2.77. The van der Waals surface area contributed by atoms with Crippen LogP contribution in [0.15, 0.2) is 84.9 Å². The molecule has 144 valence electrons. The Labute approximate surface area is 166 Å². The Morgan fingerprint density at radius 3 is 1.82 bits per heavy atom. The van der Waals surface area contributed by atoms with Crippen molar-refractivity contribution in [2.24, 2.45) is 0 Å². The topological polar surface area (TPSA) is 47.6 Å². The SMILES string of the molecule is CC[C@H](Oc1ccccc1OC)C(=O)NC(c1ccccc1)c1ccccc1. The molecule has 1 atom stereocenters. The summed E-state index contributed by atoms with van der Waals surface area (Å²) in [7, 11) is 1.59. The van der Waals surface area contributed by atoms with Gasteiger partial charge in [0.15, 0.2) is 17.6 Å². The molecule has 4 nitrogen and oxygen atoms in total. The molecule has 0 radical (unpaired) electrons. The van der Waals surface area contributed by atoms with Crippen LogP contribution in [0.3, 0.4) is 0 Å². The number of benzene rings is 3. The summed E-state index contributed by atoms with van der Waals surface area (Å²) >= 11 is 0. The summed E-state index contributed by atoms with van der Waals surface area (Å²) < 4.78 is 11.3. The van der Waals surface area contributed by atoms with Gasteiger partial charge in [0.2, 0.25) is 0 Å². The van der Waals surface area contributed by atoms with Gasteiger partial charge in [0.25, 0.3) is 5.91 Å². The molecule has 0 aliphatic rings. The summed E-state index contributed by atoms with van der Waals surface area (Å²) in [6, 6.07) is 27.0. The fraction of sp³-hybridized carbons (Fsp3) is 0.208. The fourth-order valence-corrected chi connectivity index (χ4v) is 3.08. The summed E-state index contributed by atoms with van der Waals surface area (Å²) in [6.45, 7) is 1.93. The molecule has 0 fully saturated rings. The van der Waals surface area contributed by atoms with Crippen LogP contribution in [0.5, 0.6) is 11.5 Å². The largest absolute Gasteiger partial charge is 0.493 e. The summed E-state index contributed by atoms with van der Waals surface area (Å²) in [5.74, 6) is 1.01. The van der Waals surface area contributed by atoms with Crippen molar-refractivity contribution in [3.8, 4) is 11.5 Å². The van der Waals surface area contributed by atoms with Gasteiger partial charge < -0.3 is 14.8 Å². The first-order chi connectivity index (χ1) is 13.7. The minimum absolute atomic E-state index is 0.161. The molecular formula is C24H25NO3. The summed E-state index contributed by atoms with van der Waals surface area (Å²) in [5.41, 5.74) is 2.04. The van der Waals surface area contributed by atoms with Gasteiger partial charge in [-0.15, -0.1) is 0 Å². The van der Waals surface area contributed by atoms with Gasteiger partial charge in [-0.3, -0.25) is 4.79 Å². The first-order valence-electron chi connectivity index (χ1n) is 9.43. The Morgan fingerprint density at radius 1 is 0.821 bits per heavy atom. The molecule has 0 saturated carbocycles. The highest BCUT2D eigenvalue weighted by Gasteiger charge is 2.24. The summed E-state index contributed by atoms with van der Waals surface area (Å²) in [5, 5.41) is 3.15. The Bertz CT molecular complexity index is 841. The van der Waals surface area contributed by atoms with Gasteiger partial charge in [0.1, 0.15) is 0 Å². The molecule has 0 bridgehead atoms. The molecule has 1 amide bonds. The average molecular weight is 375 g/mol. The highest BCUT2D eigenvalue weighted by atomic mass is 16.5.